The van der Waals surface area contributed by atoms with Gasteiger partial charge in [0.1, 0.15) is 0 Å². The van der Waals surface area contributed by atoms with E-state index >= 15 is 0 Å². The van der Waals surface area contributed by atoms with Crippen LogP contribution in [0.1, 0.15) is 45.4 Å². The highest BCUT2D eigenvalue weighted by molar-refractivity contribution is 6.23. The van der Waals surface area contributed by atoms with E-state index in [4.69, 9.17) is 14.6 Å². The third-order valence-corrected chi connectivity index (χ3v) is 3.66. The van der Waals surface area contributed by atoms with Gasteiger partial charge in [-0.2, -0.15) is 0 Å². The van der Waals surface area contributed by atoms with Gasteiger partial charge < -0.3 is 14.6 Å². The van der Waals surface area contributed by atoms with Crippen LogP contribution in [0.15, 0.2) is 22.7 Å². The quantitative estimate of drug-likeness (QED) is 0.422. The van der Waals surface area contributed by atoms with E-state index in [2.05, 4.69) is 11.8 Å². The van der Waals surface area contributed by atoms with Crippen molar-refractivity contribution in [2.24, 2.45) is 0 Å². The Morgan fingerprint density at radius 3 is 2.04 bits per heavy atom. The van der Waals surface area contributed by atoms with Crippen molar-refractivity contribution in [3.63, 3.8) is 0 Å². The molecule has 1 rings (SSSR count). The molecular weight excluding hydrogens is 296 g/mol. The van der Waals surface area contributed by atoms with Crippen LogP contribution in [0.2, 0.25) is 0 Å². The number of aliphatic hydroxyl groups is 1. The Labute approximate surface area is 137 Å². The van der Waals surface area contributed by atoms with Gasteiger partial charge in [-0.15, -0.1) is 11.8 Å². The maximum absolute atomic E-state index is 12.4. The van der Waals surface area contributed by atoms with Gasteiger partial charge in [0.15, 0.2) is 0 Å². The van der Waals surface area contributed by atoms with Crippen molar-refractivity contribution in [2.75, 3.05) is 20.8 Å². The minimum atomic E-state index is -0.289. The molecule has 0 aromatic carbocycles. The zero-order valence-electron chi connectivity index (χ0n) is 14.0. The Morgan fingerprint density at radius 1 is 0.913 bits per heavy atom. The fourth-order valence-corrected chi connectivity index (χ4v) is 2.35. The second-order valence-electron chi connectivity index (χ2n) is 5.22. The molecule has 0 unspecified atom stereocenters. The molecule has 0 atom stereocenters. The summed E-state index contributed by atoms with van der Waals surface area (Å²) < 4.78 is 10.0. The lowest BCUT2D eigenvalue weighted by Crippen LogP contribution is -2.25. The van der Waals surface area contributed by atoms with Crippen LogP contribution in [0.25, 0.3) is 0 Å². The van der Waals surface area contributed by atoms with Crippen molar-refractivity contribution in [1.82, 2.24) is 0 Å². The fourth-order valence-electron chi connectivity index (χ4n) is 2.35. The third kappa shape index (κ3) is 4.97. The van der Waals surface area contributed by atoms with Crippen molar-refractivity contribution < 1.29 is 24.2 Å². The van der Waals surface area contributed by atoms with E-state index < -0.39 is 0 Å². The Balaban J connectivity index is 2.59. The molecule has 0 aromatic rings. The smallest absolute Gasteiger partial charge is 0.228 e. The fraction of sp³-hybridized carbons (Fsp3) is 0.556. The van der Waals surface area contributed by atoms with Crippen molar-refractivity contribution >= 4 is 11.6 Å². The number of rotatable bonds is 8. The highest BCUT2D eigenvalue weighted by Crippen LogP contribution is 2.28. The summed E-state index contributed by atoms with van der Waals surface area (Å²) >= 11 is 0. The molecule has 5 heteroatoms. The van der Waals surface area contributed by atoms with Crippen LogP contribution < -0.4 is 0 Å². The predicted octanol–water partition coefficient (Wildman–Crippen LogP) is 2.30. The lowest BCUT2D eigenvalue weighted by Gasteiger charge is -2.20. The van der Waals surface area contributed by atoms with Gasteiger partial charge in [-0.3, -0.25) is 9.59 Å². The molecule has 0 bridgehead atoms. The zero-order chi connectivity index (χ0) is 17.2. The van der Waals surface area contributed by atoms with Gasteiger partial charge in [0.05, 0.1) is 14.2 Å². The average Bonchev–Trinajstić information content (AvgIpc) is 2.55. The van der Waals surface area contributed by atoms with Gasteiger partial charge in [0, 0.05) is 30.6 Å². The number of ketones is 2. The molecule has 5 nitrogen and oxygen atoms in total. The predicted molar refractivity (Wildman–Crippen MR) is 86.3 cm³/mol. The van der Waals surface area contributed by atoms with Crippen molar-refractivity contribution in [3.05, 3.63) is 22.7 Å². The second-order valence-corrected chi connectivity index (χ2v) is 5.22. The Hall–Kier alpha value is -2.06. The monoisotopic (exact) mass is 320 g/mol. The van der Waals surface area contributed by atoms with Gasteiger partial charge in [-0.25, -0.2) is 0 Å². The molecule has 23 heavy (non-hydrogen) atoms. The molecule has 0 fully saturated rings. The zero-order valence-corrected chi connectivity index (χ0v) is 14.0. The molecule has 0 spiro atoms. The number of unbranched alkanes of at least 4 members (excludes halogenated alkanes) is 3. The van der Waals surface area contributed by atoms with E-state index in [1.54, 1.807) is 6.92 Å². The number of ether oxygens (including phenoxy) is 2. The number of methoxy groups -OCH3 is 2. The maximum atomic E-state index is 12.4. The standard InChI is InChI=1S/C18H24O5/c1-13-14(11-9-7-5-4-6-8-10-12-19)16(21)18(23-3)17(22-2)15(13)20/h19H,5,7-12H2,1-3H3. The number of carbonyl (C=O) groups is 2. The number of hydrogen-bond acceptors (Lipinski definition) is 5. The minimum absolute atomic E-state index is 0.0121. The van der Waals surface area contributed by atoms with E-state index in [0.29, 0.717) is 30.4 Å². The summed E-state index contributed by atoms with van der Waals surface area (Å²) in [6.45, 7) is 1.81. The van der Waals surface area contributed by atoms with Crippen LogP contribution in [0.3, 0.4) is 0 Å². The summed E-state index contributed by atoms with van der Waals surface area (Å²) in [4.78, 5) is 24.6. The number of carbonyl (C=O) groups excluding carboxylic acids is 2. The van der Waals surface area contributed by atoms with E-state index in [1.165, 1.54) is 14.2 Å². The largest absolute Gasteiger partial charge is 0.489 e. The molecule has 0 saturated carbocycles. The van der Waals surface area contributed by atoms with Crippen molar-refractivity contribution in [1.29, 1.82) is 0 Å². The van der Waals surface area contributed by atoms with Gasteiger partial charge in [-0.1, -0.05) is 0 Å². The van der Waals surface area contributed by atoms with Gasteiger partial charge in [0.25, 0.3) is 0 Å². The Morgan fingerprint density at radius 2 is 1.48 bits per heavy atom. The highest BCUT2D eigenvalue weighted by atomic mass is 16.5. The SMILES string of the molecule is COC1=C(OC)C(=O)C(CCCCC#CCCCO)=C(C)C1=O. The molecule has 0 heterocycles. The van der Waals surface area contributed by atoms with Gasteiger partial charge >= 0.3 is 0 Å². The lowest BCUT2D eigenvalue weighted by molar-refractivity contribution is -0.121. The summed E-state index contributed by atoms with van der Waals surface area (Å²) in [6, 6.07) is 0. The minimum Gasteiger partial charge on any atom is -0.489 e. The van der Waals surface area contributed by atoms with E-state index in [1.807, 2.05) is 0 Å². The van der Waals surface area contributed by atoms with Crippen LogP contribution in [0.5, 0.6) is 0 Å². The number of aliphatic hydroxyl groups excluding tert-OH is 1. The number of hydrogen-bond donors (Lipinski definition) is 1. The molecule has 0 aliphatic heterocycles. The molecule has 0 amide bonds. The summed E-state index contributed by atoms with van der Waals surface area (Å²) in [7, 11) is 2.72. The first-order chi connectivity index (χ1) is 11.1. The average molecular weight is 320 g/mol. The Kier molecular flexibility index (Phi) is 8.14. The summed E-state index contributed by atoms with van der Waals surface area (Å²) in [5.74, 6) is 5.44. The van der Waals surface area contributed by atoms with Crippen LogP contribution in [-0.2, 0) is 19.1 Å². The first-order valence-electron chi connectivity index (χ1n) is 7.76. The molecule has 0 radical (unpaired) electrons. The summed E-state index contributed by atoms with van der Waals surface area (Å²) in [5, 5.41) is 8.65. The second kappa shape index (κ2) is 9.86. The van der Waals surface area contributed by atoms with Crippen molar-refractivity contribution in [2.45, 2.75) is 45.4 Å². The van der Waals surface area contributed by atoms with E-state index in [9.17, 15) is 9.59 Å². The van der Waals surface area contributed by atoms with E-state index in [-0.39, 0.29) is 29.7 Å². The molecule has 126 valence electrons. The molecule has 1 aliphatic carbocycles. The summed E-state index contributed by atoms with van der Waals surface area (Å²) in [5.41, 5.74) is 0.933. The molecule has 1 N–H and O–H groups in total. The summed E-state index contributed by atoms with van der Waals surface area (Å²) in [6.07, 6.45) is 4.31. The molecule has 0 saturated heterocycles. The highest BCUT2D eigenvalue weighted by Gasteiger charge is 2.34. The van der Waals surface area contributed by atoms with Gasteiger partial charge in [-0.05, 0) is 32.6 Å². The van der Waals surface area contributed by atoms with Gasteiger partial charge in [0.2, 0.25) is 23.1 Å². The maximum Gasteiger partial charge on any atom is 0.228 e. The number of allylic oxidation sites excluding steroid dienone is 2. The molecule has 0 aromatic heterocycles. The molecule has 1 aliphatic rings. The third-order valence-electron chi connectivity index (χ3n) is 3.66. The topological polar surface area (TPSA) is 72.8 Å². The van der Waals surface area contributed by atoms with E-state index in [0.717, 1.165) is 19.3 Å². The molecular formula is C18H24O5. The number of Topliss-reactive ketones (excluding diaryl/α,β-unsaturated/α-hetero) is 2. The normalized spacial score (nSPS) is 14.8. The Bertz CT molecular complexity index is 572. The first kappa shape index (κ1) is 19.0. The van der Waals surface area contributed by atoms with Crippen LogP contribution in [0, 0.1) is 11.8 Å². The lowest BCUT2D eigenvalue weighted by atomic mass is 9.89. The van der Waals surface area contributed by atoms with Crippen molar-refractivity contribution in [3.8, 4) is 11.8 Å². The van der Waals surface area contributed by atoms with Crippen LogP contribution in [-0.4, -0.2) is 37.5 Å². The van der Waals surface area contributed by atoms with Crippen LogP contribution >= 0.6 is 0 Å². The first-order valence-corrected chi connectivity index (χ1v) is 7.76. The van der Waals surface area contributed by atoms with Crippen LogP contribution in [0.4, 0.5) is 0 Å².